The maximum atomic E-state index is 13.5. The molecule has 4 rings (SSSR count). The van der Waals surface area contributed by atoms with Crippen LogP contribution < -0.4 is 10.2 Å². The number of fused-ring (bicyclic) bond motifs is 1. The monoisotopic (exact) mass is 795 g/mol. The van der Waals surface area contributed by atoms with Crippen molar-refractivity contribution in [1.29, 1.82) is 0 Å². The molecule has 1 aliphatic heterocycles. The van der Waals surface area contributed by atoms with Crippen LogP contribution in [0.1, 0.15) is 105 Å². The fourth-order valence-electron chi connectivity index (χ4n) is 7.43. The third-order valence-electron chi connectivity index (χ3n) is 10.2. The highest BCUT2D eigenvalue weighted by molar-refractivity contribution is 7.85. The van der Waals surface area contributed by atoms with Crippen LogP contribution in [-0.4, -0.2) is 69.6 Å². The molecule has 0 aromatic heterocycles. The highest BCUT2D eigenvalue weighted by Gasteiger charge is 2.39. The number of benzene rings is 2. The maximum Gasteiger partial charge on any atom is 0.414 e. The van der Waals surface area contributed by atoms with Crippen LogP contribution in [-0.2, 0) is 36.4 Å². The highest BCUT2D eigenvalue weighted by atomic mass is 32.2. The quantitative estimate of drug-likeness (QED) is 0.0816. The Morgan fingerprint density at radius 1 is 0.982 bits per heavy atom. The molecule has 0 bridgehead atoms. The fourth-order valence-corrected chi connectivity index (χ4v) is 8.48. The van der Waals surface area contributed by atoms with Crippen molar-refractivity contribution in [3.05, 3.63) is 107 Å². The van der Waals surface area contributed by atoms with E-state index < -0.39 is 32.5 Å². The lowest BCUT2D eigenvalue weighted by Crippen LogP contribution is -2.34. The van der Waals surface area contributed by atoms with Crippen molar-refractivity contribution in [1.82, 2.24) is 4.90 Å². The Hall–Kier alpha value is -3.87. The third-order valence-corrected chi connectivity index (χ3v) is 11.7. The zero-order valence-corrected chi connectivity index (χ0v) is 35.6. The molecule has 0 atom stereocenters. The smallest absolute Gasteiger partial charge is 0.414 e. The first kappa shape index (κ1) is 43.9. The van der Waals surface area contributed by atoms with Gasteiger partial charge in [-0.3, -0.25) is 9.45 Å². The predicted octanol–water partition coefficient (Wildman–Crippen LogP) is 8.90. The molecule has 1 aliphatic carbocycles. The molecule has 12 heteroatoms. The minimum absolute atomic E-state index is 0.182. The first-order chi connectivity index (χ1) is 25.7. The molecule has 2 N–H and O–H groups in total. The van der Waals surface area contributed by atoms with Crippen molar-refractivity contribution in [2.24, 2.45) is 0 Å². The lowest BCUT2D eigenvalue weighted by atomic mass is 9.80. The minimum atomic E-state index is -3.97. The lowest BCUT2D eigenvalue weighted by Gasteiger charge is -2.28. The average molecular weight is 796 g/mol. The van der Waals surface area contributed by atoms with Gasteiger partial charge in [0.05, 0.1) is 11.4 Å². The van der Waals surface area contributed by atoms with Gasteiger partial charge in [0.15, 0.2) is 0 Å². The highest BCUT2D eigenvalue weighted by Crippen LogP contribution is 2.48. The van der Waals surface area contributed by atoms with E-state index in [0.29, 0.717) is 32.4 Å². The van der Waals surface area contributed by atoms with E-state index in [9.17, 15) is 21.6 Å². The number of ether oxygens (including phenoxy) is 1. The largest absolute Gasteiger partial charge is 0.443 e. The number of hydrogen-bond donors (Lipinski definition) is 3. The summed E-state index contributed by atoms with van der Waals surface area (Å²) in [6.45, 7) is 15.7. The van der Waals surface area contributed by atoms with Gasteiger partial charge in [0.1, 0.15) is 16.3 Å². The Labute approximate surface area is 331 Å². The van der Waals surface area contributed by atoms with E-state index in [1.54, 1.807) is 11.9 Å². The van der Waals surface area contributed by atoms with E-state index in [1.807, 2.05) is 45.0 Å². The van der Waals surface area contributed by atoms with Crippen LogP contribution in [0.4, 0.5) is 16.2 Å². The van der Waals surface area contributed by atoms with E-state index in [-0.39, 0.29) is 22.3 Å². The molecule has 2 aromatic carbocycles. The van der Waals surface area contributed by atoms with Crippen LogP contribution in [0, 0.1) is 0 Å². The molecular formula is C43H61N3O7S2. The van der Waals surface area contributed by atoms with Gasteiger partial charge in [0.25, 0.3) is 10.1 Å². The molecule has 0 spiro atoms. The number of thiol groups is 1. The summed E-state index contributed by atoms with van der Waals surface area (Å²) in [4.78, 5) is 17.5. The summed E-state index contributed by atoms with van der Waals surface area (Å²) in [6, 6.07) is 16.5. The van der Waals surface area contributed by atoms with Crippen LogP contribution in [0.25, 0.3) is 0 Å². The number of nitrogens with zero attached hydrogens (tertiary/aromatic N) is 2. The number of rotatable bonds is 17. The van der Waals surface area contributed by atoms with E-state index in [4.69, 9.17) is 9.29 Å². The van der Waals surface area contributed by atoms with Gasteiger partial charge in [-0.1, -0.05) is 82.3 Å². The second-order valence-electron chi connectivity index (χ2n) is 16.7. The Morgan fingerprint density at radius 2 is 1.67 bits per heavy atom. The number of likely N-dealkylation sites (N-methyl/N-ethyl adjacent to an activating group) is 1. The zero-order valence-electron chi connectivity index (χ0n) is 33.9. The van der Waals surface area contributed by atoms with Crippen molar-refractivity contribution in [3.8, 4) is 0 Å². The number of amides is 1. The molecule has 10 nitrogen and oxygen atoms in total. The number of carbonyl (C=O) groups excluding carboxylic acids is 1. The Balaban J connectivity index is 1.64. The molecule has 2 aliphatic rings. The van der Waals surface area contributed by atoms with Gasteiger partial charge >= 0.3 is 6.09 Å². The molecule has 1 amide bonds. The number of unbranched alkanes of at least 4 members (excludes halogenated alkanes) is 2. The minimum Gasteiger partial charge on any atom is -0.443 e. The van der Waals surface area contributed by atoms with E-state index in [2.05, 4.69) is 86.5 Å². The van der Waals surface area contributed by atoms with Gasteiger partial charge in [-0.2, -0.15) is 8.42 Å². The normalized spacial score (nSPS) is 17.5. The number of carbonyl (C=O) groups is 1. The number of anilines is 2. The molecule has 302 valence electrons. The van der Waals surface area contributed by atoms with Crippen LogP contribution >= 0.6 is 0 Å². The topological polar surface area (TPSA) is 133 Å². The summed E-state index contributed by atoms with van der Waals surface area (Å²) in [7, 11) is -4.60. The summed E-state index contributed by atoms with van der Waals surface area (Å²) in [5.74, 6) is -0.0660. The van der Waals surface area contributed by atoms with Gasteiger partial charge in [-0.15, -0.1) is 0 Å². The summed E-state index contributed by atoms with van der Waals surface area (Å²) in [5.41, 5.74) is 7.36. The van der Waals surface area contributed by atoms with E-state index >= 15 is 0 Å². The Kier molecular flexibility index (Phi) is 14.7. The standard InChI is InChI=1S/C43H61N3O7S2/c1-41(2,3)53-40(47)45(8)39-32(18-17-27-42(4,5)34-19-9-11-21-36(34)44-28-13-16-31-55(50,51)52)23-24-33(39)25-26-38-43(6,7)35-20-10-12-22-37(35)46(38)29-14-15-30-54(48)49/h9-12,17-22,25-26,44,54H,13-16,23-24,27-31H2,1-8H3,(H,50,51,52)/b18-17+,33-25+,38-26+. The zero-order chi connectivity index (χ0) is 40.6. The number of allylic oxidation sites excluding steroid dienone is 7. The summed E-state index contributed by atoms with van der Waals surface area (Å²) < 4.78 is 59.6. The maximum absolute atomic E-state index is 13.5. The van der Waals surface area contributed by atoms with Gasteiger partial charge < -0.3 is 15.0 Å². The average Bonchev–Trinajstić information content (AvgIpc) is 3.58. The van der Waals surface area contributed by atoms with Gasteiger partial charge in [-0.05, 0) is 112 Å². The van der Waals surface area contributed by atoms with Crippen molar-refractivity contribution in [2.75, 3.05) is 41.9 Å². The number of hydrogen-bond acceptors (Lipinski definition) is 8. The first-order valence-electron chi connectivity index (χ1n) is 19.3. The third kappa shape index (κ3) is 12.1. The summed E-state index contributed by atoms with van der Waals surface area (Å²) >= 11 is 0. The molecule has 0 saturated heterocycles. The van der Waals surface area contributed by atoms with E-state index in [0.717, 1.165) is 65.2 Å². The Morgan fingerprint density at radius 3 is 2.36 bits per heavy atom. The Bertz CT molecular complexity index is 1990. The van der Waals surface area contributed by atoms with Gasteiger partial charge in [0.2, 0.25) is 0 Å². The van der Waals surface area contributed by atoms with Crippen molar-refractivity contribution in [2.45, 2.75) is 110 Å². The van der Waals surface area contributed by atoms with Gasteiger partial charge in [0, 0.05) is 48.4 Å². The predicted molar refractivity (Wildman–Crippen MR) is 225 cm³/mol. The molecule has 0 fully saturated rings. The number of para-hydroxylation sites is 2. The van der Waals surface area contributed by atoms with Crippen molar-refractivity contribution >= 4 is 38.3 Å². The second-order valence-corrected chi connectivity index (χ2v) is 19.4. The fraction of sp³-hybridized carbons (Fsp3) is 0.512. The van der Waals surface area contributed by atoms with Crippen molar-refractivity contribution < 1.29 is 30.9 Å². The molecule has 0 saturated carbocycles. The second kappa shape index (κ2) is 18.4. The van der Waals surface area contributed by atoms with Crippen LogP contribution in [0.15, 0.2) is 95.4 Å². The summed E-state index contributed by atoms with van der Waals surface area (Å²) in [6.07, 6.45) is 12.8. The first-order valence-corrected chi connectivity index (χ1v) is 22.2. The van der Waals surface area contributed by atoms with Crippen LogP contribution in [0.5, 0.6) is 0 Å². The molecular weight excluding hydrogens is 735 g/mol. The molecule has 0 radical (unpaired) electrons. The molecule has 2 aromatic rings. The molecule has 1 heterocycles. The summed E-state index contributed by atoms with van der Waals surface area (Å²) in [5, 5.41) is 3.46. The van der Waals surface area contributed by atoms with Gasteiger partial charge in [-0.25, -0.2) is 13.2 Å². The molecule has 0 unspecified atom stereocenters. The van der Waals surface area contributed by atoms with Crippen LogP contribution in [0.3, 0.4) is 0 Å². The van der Waals surface area contributed by atoms with Crippen molar-refractivity contribution in [3.63, 3.8) is 0 Å². The number of nitrogens with one attached hydrogen (secondary N) is 1. The van der Waals surface area contributed by atoms with Crippen LogP contribution in [0.2, 0.25) is 0 Å². The van der Waals surface area contributed by atoms with E-state index in [1.165, 1.54) is 5.56 Å². The lowest BCUT2D eigenvalue weighted by molar-refractivity contribution is 0.0356. The SMILES string of the molecule is CN(C(=O)OC(C)(C)C)C1=C(/C=C/CC(C)(C)c2ccccc2NCCCCS(=O)(=O)O)CC/C1=C\C=C1\N(CCCC[SH](=O)=O)c2ccccc2C1(C)C. The molecule has 55 heavy (non-hydrogen) atoms.